The van der Waals surface area contributed by atoms with E-state index in [0.29, 0.717) is 6.54 Å². The lowest BCUT2D eigenvalue weighted by Gasteiger charge is -1.97. The van der Waals surface area contributed by atoms with E-state index in [9.17, 15) is 0 Å². The van der Waals surface area contributed by atoms with Gasteiger partial charge < -0.3 is 9.84 Å². The van der Waals surface area contributed by atoms with Gasteiger partial charge in [-0.15, -0.1) is 11.3 Å². The highest BCUT2D eigenvalue weighted by molar-refractivity contribution is 7.18. The molecule has 92 valence electrons. The highest BCUT2D eigenvalue weighted by atomic mass is 32.1. The van der Waals surface area contributed by atoms with E-state index >= 15 is 0 Å². The molecule has 0 fully saturated rings. The average molecular weight is 259 g/mol. The minimum Gasteiger partial charge on any atom is -0.360 e. The van der Waals surface area contributed by atoms with Crippen LogP contribution in [0, 0.1) is 6.92 Å². The highest BCUT2D eigenvalue weighted by Crippen LogP contribution is 2.21. The number of nitrogens with zero attached hydrogens (tertiary/aromatic N) is 2. The van der Waals surface area contributed by atoms with Crippen molar-refractivity contribution in [3.63, 3.8) is 0 Å². The topological polar surface area (TPSA) is 51.0 Å². The van der Waals surface area contributed by atoms with Crippen LogP contribution in [0.15, 0.2) is 34.9 Å². The van der Waals surface area contributed by atoms with Crippen molar-refractivity contribution >= 4 is 21.6 Å². The SMILES string of the molecule is Cc1cc(CNCc2nc3ccccc3s2)on1. The summed E-state index contributed by atoms with van der Waals surface area (Å²) in [6, 6.07) is 10.1. The number of rotatable bonds is 4. The first-order valence-corrected chi connectivity index (χ1v) is 6.60. The summed E-state index contributed by atoms with van der Waals surface area (Å²) in [6.07, 6.45) is 0. The molecule has 0 aliphatic heterocycles. The Morgan fingerprint density at radius 3 is 2.94 bits per heavy atom. The standard InChI is InChI=1S/C13H13N3OS/c1-9-6-10(17-16-9)7-14-8-13-15-11-4-2-3-5-12(11)18-13/h2-6,14H,7-8H2,1H3. The molecule has 0 amide bonds. The van der Waals surface area contributed by atoms with Gasteiger partial charge in [-0.25, -0.2) is 4.98 Å². The lowest BCUT2D eigenvalue weighted by molar-refractivity contribution is 0.369. The first-order chi connectivity index (χ1) is 8.81. The van der Waals surface area contributed by atoms with Crippen molar-refractivity contribution in [2.24, 2.45) is 0 Å². The van der Waals surface area contributed by atoms with E-state index in [2.05, 4.69) is 21.5 Å². The fourth-order valence-corrected chi connectivity index (χ4v) is 2.72. The van der Waals surface area contributed by atoms with E-state index in [4.69, 9.17) is 4.52 Å². The van der Waals surface area contributed by atoms with Crippen molar-refractivity contribution < 1.29 is 4.52 Å². The van der Waals surface area contributed by atoms with Gasteiger partial charge in [0, 0.05) is 12.6 Å². The molecule has 3 aromatic rings. The molecule has 0 unspecified atom stereocenters. The van der Waals surface area contributed by atoms with Crippen LogP contribution in [0.1, 0.15) is 16.5 Å². The lowest BCUT2D eigenvalue weighted by atomic mass is 10.3. The second kappa shape index (κ2) is 4.88. The maximum atomic E-state index is 5.13. The molecule has 2 heterocycles. The molecule has 4 nitrogen and oxygen atoms in total. The molecule has 0 radical (unpaired) electrons. The van der Waals surface area contributed by atoms with Gasteiger partial charge in [0.2, 0.25) is 0 Å². The number of fused-ring (bicyclic) bond motifs is 1. The van der Waals surface area contributed by atoms with Gasteiger partial charge in [-0.1, -0.05) is 17.3 Å². The molecule has 0 atom stereocenters. The minimum absolute atomic E-state index is 0.677. The Kier molecular flexibility index (Phi) is 3.08. The van der Waals surface area contributed by atoms with Gasteiger partial charge in [0.15, 0.2) is 5.76 Å². The summed E-state index contributed by atoms with van der Waals surface area (Å²) in [4.78, 5) is 4.56. The van der Waals surface area contributed by atoms with Crippen LogP contribution in [0.2, 0.25) is 0 Å². The fraction of sp³-hybridized carbons (Fsp3) is 0.231. The third kappa shape index (κ3) is 2.42. The molecule has 0 saturated heterocycles. The number of para-hydroxylation sites is 1. The van der Waals surface area contributed by atoms with Crippen LogP contribution in [-0.4, -0.2) is 10.1 Å². The van der Waals surface area contributed by atoms with Crippen molar-refractivity contribution in [3.8, 4) is 0 Å². The molecule has 0 aliphatic rings. The number of nitrogens with one attached hydrogen (secondary N) is 1. The van der Waals surface area contributed by atoms with Crippen molar-refractivity contribution in [2.75, 3.05) is 0 Å². The molecule has 2 aromatic heterocycles. The fourth-order valence-electron chi connectivity index (χ4n) is 1.79. The maximum Gasteiger partial charge on any atom is 0.150 e. The van der Waals surface area contributed by atoms with Crippen LogP contribution < -0.4 is 5.32 Å². The molecule has 18 heavy (non-hydrogen) atoms. The number of aryl methyl sites for hydroxylation is 1. The van der Waals surface area contributed by atoms with Crippen molar-refractivity contribution in [1.29, 1.82) is 0 Å². The summed E-state index contributed by atoms with van der Waals surface area (Å²) in [5.74, 6) is 0.855. The molecule has 1 N–H and O–H groups in total. The predicted molar refractivity (Wildman–Crippen MR) is 71.4 cm³/mol. The predicted octanol–water partition coefficient (Wildman–Crippen LogP) is 2.88. The van der Waals surface area contributed by atoms with Crippen LogP contribution in [0.3, 0.4) is 0 Å². The Bertz CT molecular complexity index is 626. The first-order valence-electron chi connectivity index (χ1n) is 5.78. The van der Waals surface area contributed by atoms with Crippen molar-refractivity contribution in [3.05, 3.63) is 46.8 Å². The number of aromatic nitrogens is 2. The summed E-state index contributed by atoms with van der Waals surface area (Å²) in [7, 11) is 0. The molecule has 0 saturated carbocycles. The number of thiazole rings is 1. The lowest BCUT2D eigenvalue weighted by Crippen LogP contribution is -2.11. The Balaban J connectivity index is 1.62. The van der Waals surface area contributed by atoms with E-state index < -0.39 is 0 Å². The molecule has 0 bridgehead atoms. The zero-order valence-corrected chi connectivity index (χ0v) is 10.8. The van der Waals surface area contributed by atoms with Gasteiger partial charge in [0.05, 0.1) is 22.5 Å². The van der Waals surface area contributed by atoms with Crippen LogP contribution in [0.25, 0.3) is 10.2 Å². The van der Waals surface area contributed by atoms with Gasteiger partial charge in [-0.05, 0) is 19.1 Å². The van der Waals surface area contributed by atoms with Gasteiger partial charge in [0.1, 0.15) is 5.01 Å². The summed E-state index contributed by atoms with van der Waals surface area (Å²) < 4.78 is 6.36. The zero-order valence-electron chi connectivity index (χ0n) is 10.0. The van der Waals surface area contributed by atoms with E-state index in [1.807, 2.05) is 31.2 Å². The third-order valence-electron chi connectivity index (χ3n) is 2.59. The molecule has 5 heteroatoms. The van der Waals surface area contributed by atoms with Crippen molar-refractivity contribution in [1.82, 2.24) is 15.5 Å². The molecular formula is C13H13N3OS. The van der Waals surface area contributed by atoms with Gasteiger partial charge in [0.25, 0.3) is 0 Å². The Morgan fingerprint density at radius 1 is 1.28 bits per heavy atom. The number of hydrogen-bond donors (Lipinski definition) is 1. The van der Waals surface area contributed by atoms with Crippen LogP contribution in [-0.2, 0) is 13.1 Å². The Hall–Kier alpha value is -1.72. The van der Waals surface area contributed by atoms with E-state index in [-0.39, 0.29) is 0 Å². The maximum absolute atomic E-state index is 5.13. The Morgan fingerprint density at radius 2 is 2.17 bits per heavy atom. The second-order valence-electron chi connectivity index (χ2n) is 4.11. The molecular weight excluding hydrogens is 246 g/mol. The summed E-state index contributed by atoms with van der Waals surface area (Å²) in [5.41, 5.74) is 1.97. The van der Waals surface area contributed by atoms with Crippen molar-refractivity contribution in [2.45, 2.75) is 20.0 Å². The smallest absolute Gasteiger partial charge is 0.150 e. The molecule has 0 spiro atoms. The molecule has 3 rings (SSSR count). The minimum atomic E-state index is 0.677. The zero-order chi connectivity index (χ0) is 12.4. The molecule has 0 aliphatic carbocycles. The van der Waals surface area contributed by atoms with E-state index in [0.717, 1.165) is 28.5 Å². The quantitative estimate of drug-likeness (QED) is 0.782. The summed E-state index contributed by atoms with van der Waals surface area (Å²) >= 11 is 1.72. The van der Waals surface area contributed by atoms with Crippen LogP contribution >= 0.6 is 11.3 Å². The van der Waals surface area contributed by atoms with Gasteiger partial charge in [-0.3, -0.25) is 0 Å². The monoisotopic (exact) mass is 259 g/mol. The average Bonchev–Trinajstić information content (AvgIpc) is 2.95. The first kappa shape index (κ1) is 11.4. The van der Waals surface area contributed by atoms with Gasteiger partial charge >= 0.3 is 0 Å². The Labute approximate surface area is 109 Å². The highest BCUT2D eigenvalue weighted by Gasteiger charge is 2.04. The number of benzene rings is 1. The second-order valence-corrected chi connectivity index (χ2v) is 5.23. The van der Waals surface area contributed by atoms with Gasteiger partial charge in [-0.2, -0.15) is 0 Å². The largest absolute Gasteiger partial charge is 0.360 e. The normalized spacial score (nSPS) is 11.2. The summed E-state index contributed by atoms with van der Waals surface area (Å²) in [5, 5.41) is 8.25. The molecule has 1 aromatic carbocycles. The van der Waals surface area contributed by atoms with E-state index in [1.54, 1.807) is 11.3 Å². The van der Waals surface area contributed by atoms with E-state index in [1.165, 1.54) is 4.70 Å². The summed E-state index contributed by atoms with van der Waals surface area (Å²) in [6.45, 7) is 3.34. The van der Waals surface area contributed by atoms with Crippen LogP contribution in [0.5, 0.6) is 0 Å². The van der Waals surface area contributed by atoms with Crippen LogP contribution in [0.4, 0.5) is 0 Å². The number of hydrogen-bond acceptors (Lipinski definition) is 5. The third-order valence-corrected chi connectivity index (χ3v) is 3.63.